The van der Waals surface area contributed by atoms with Gasteiger partial charge in [0.15, 0.2) is 0 Å². The number of amides is 2. The Morgan fingerprint density at radius 2 is 1.88 bits per heavy atom. The molecule has 1 aromatic carbocycles. The number of piperidine rings is 1. The first-order valence-corrected chi connectivity index (χ1v) is 9.72. The van der Waals surface area contributed by atoms with Crippen molar-refractivity contribution in [1.82, 2.24) is 15.1 Å². The normalized spacial score (nSPS) is 20.7. The molecule has 144 valence electrons. The van der Waals surface area contributed by atoms with E-state index in [-0.39, 0.29) is 18.2 Å². The number of urea groups is 1. The minimum Gasteiger partial charge on any atom is -0.379 e. The van der Waals surface area contributed by atoms with E-state index in [1.54, 1.807) is 0 Å². The predicted molar refractivity (Wildman–Crippen MR) is 101 cm³/mol. The summed E-state index contributed by atoms with van der Waals surface area (Å²) < 4.78 is 11.4. The molecular weight excluding hydrogens is 330 g/mol. The lowest BCUT2D eigenvalue weighted by Gasteiger charge is -2.34. The topological polar surface area (TPSA) is 54.0 Å². The first kappa shape index (κ1) is 19.1. The highest BCUT2D eigenvalue weighted by Crippen LogP contribution is 2.16. The molecule has 0 saturated carbocycles. The van der Waals surface area contributed by atoms with Gasteiger partial charge in [-0.1, -0.05) is 30.3 Å². The average Bonchev–Trinajstić information content (AvgIpc) is 2.68. The van der Waals surface area contributed by atoms with Crippen LogP contribution in [0.15, 0.2) is 30.3 Å². The molecule has 0 unspecified atom stereocenters. The third-order valence-corrected chi connectivity index (χ3v) is 5.06. The van der Waals surface area contributed by atoms with Crippen LogP contribution in [-0.4, -0.2) is 73.9 Å². The summed E-state index contributed by atoms with van der Waals surface area (Å²) in [6.45, 7) is 8.59. The highest BCUT2D eigenvalue weighted by Gasteiger charge is 2.24. The maximum atomic E-state index is 12.5. The number of nitrogens with zero attached hydrogens (tertiary/aromatic N) is 2. The van der Waals surface area contributed by atoms with Crippen LogP contribution in [0.4, 0.5) is 4.79 Å². The van der Waals surface area contributed by atoms with E-state index < -0.39 is 0 Å². The quantitative estimate of drug-likeness (QED) is 0.843. The van der Waals surface area contributed by atoms with Crippen LogP contribution < -0.4 is 5.32 Å². The molecule has 3 rings (SSSR count). The molecule has 0 spiro atoms. The summed E-state index contributed by atoms with van der Waals surface area (Å²) >= 11 is 0. The van der Waals surface area contributed by atoms with Crippen molar-refractivity contribution in [2.45, 2.75) is 38.5 Å². The van der Waals surface area contributed by atoms with Crippen molar-refractivity contribution >= 4 is 6.03 Å². The Morgan fingerprint density at radius 3 is 2.58 bits per heavy atom. The third kappa shape index (κ3) is 5.97. The first-order valence-electron chi connectivity index (χ1n) is 9.72. The molecule has 0 radical (unpaired) electrons. The Kier molecular flexibility index (Phi) is 7.29. The van der Waals surface area contributed by atoms with Gasteiger partial charge in [-0.15, -0.1) is 0 Å². The van der Waals surface area contributed by atoms with E-state index >= 15 is 0 Å². The van der Waals surface area contributed by atoms with Crippen LogP contribution in [0.3, 0.4) is 0 Å². The zero-order valence-electron chi connectivity index (χ0n) is 15.7. The number of likely N-dealkylation sites (tertiary alicyclic amines) is 1. The molecule has 0 bridgehead atoms. The summed E-state index contributed by atoms with van der Waals surface area (Å²) in [5.41, 5.74) is 1.20. The van der Waals surface area contributed by atoms with E-state index in [0.717, 1.165) is 58.8 Å². The fourth-order valence-electron chi connectivity index (χ4n) is 3.53. The van der Waals surface area contributed by atoms with Crippen LogP contribution in [0.5, 0.6) is 0 Å². The van der Waals surface area contributed by atoms with Crippen molar-refractivity contribution in [1.29, 1.82) is 0 Å². The number of carbonyl (C=O) groups excluding carboxylic acids is 1. The summed E-state index contributed by atoms with van der Waals surface area (Å²) in [5, 5.41) is 3.13. The van der Waals surface area contributed by atoms with Crippen molar-refractivity contribution in [2.24, 2.45) is 0 Å². The summed E-state index contributed by atoms with van der Waals surface area (Å²) in [6, 6.07) is 10.4. The lowest BCUT2D eigenvalue weighted by atomic mass is 10.1. The SMILES string of the molecule is C[C@@H](CN1CCOCC1)NC(=O)N1CCC(OCc2ccccc2)CC1. The number of hydrogen-bond donors (Lipinski definition) is 1. The van der Waals surface area contributed by atoms with Gasteiger partial charge in [-0.2, -0.15) is 0 Å². The second-order valence-electron chi connectivity index (χ2n) is 7.25. The predicted octanol–water partition coefficient (Wildman–Crippen LogP) is 2.10. The summed E-state index contributed by atoms with van der Waals surface area (Å²) in [5.74, 6) is 0. The van der Waals surface area contributed by atoms with Gasteiger partial charge in [0, 0.05) is 38.8 Å². The second-order valence-corrected chi connectivity index (χ2v) is 7.25. The summed E-state index contributed by atoms with van der Waals surface area (Å²) in [7, 11) is 0. The Hall–Kier alpha value is -1.63. The molecule has 0 aliphatic carbocycles. The number of hydrogen-bond acceptors (Lipinski definition) is 4. The number of rotatable bonds is 6. The van der Waals surface area contributed by atoms with E-state index in [1.165, 1.54) is 5.56 Å². The molecular formula is C20H31N3O3. The van der Waals surface area contributed by atoms with Crippen LogP contribution in [0.2, 0.25) is 0 Å². The highest BCUT2D eigenvalue weighted by molar-refractivity contribution is 5.74. The van der Waals surface area contributed by atoms with Crippen molar-refractivity contribution < 1.29 is 14.3 Å². The first-order chi connectivity index (χ1) is 12.7. The van der Waals surface area contributed by atoms with Crippen molar-refractivity contribution in [3.05, 3.63) is 35.9 Å². The molecule has 2 aliphatic rings. The number of nitrogens with one attached hydrogen (secondary N) is 1. The van der Waals surface area contributed by atoms with E-state index in [1.807, 2.05) is 23.1 Å². The van der Waals surface area contributed by atoms with E-state index in [4.69, 9.17) is 9.47 Å². The van der Waals surface area contributed by atoms with Crippen molar-refractivity contribution in [3.8, 4) is 0 Å². The van der Waals surface area contributed by atoms with Gasteiger partial charge in [0.1, 0.15) is 0 Å². The zero-order chi connectivity index (χ0) is 18.2. The monoisotopic (exact) mass is 361 g/mol. The molecule has 2 saturated heterocycles. The van der Waals surface area contributed by atoms with Gasteiger partial charge in [-0.05, 0) is 25.3 Å². The Morgan fingerprint density at radius 1 is 1.19 bits per heavy atom. The maximum absolute atomic E-state index is 12.5. The maximum Gasteiger partial charge on any atom is 0.317 e. The van der Waals surface area contributed by atoms with Gasteiger partial charge in [0.25, 0.3) is 0 Å². The van der Waals surface area contributed by atoms with Gasteiger partial charge < -0.3 is 19.7 Å². The zero-order valence-corrected chi connectivity index (χ0v) is 15.7. The molecule has 2 aliphatic heterocycles. The van der Waals surface area contributed by atoms with Gasteiger partial charge in [-0.3, -0.25) is 4.90 Å². The molecule has 26 heavy (non-hydrogen) atoms. The molecule has 6 heteroatoms. The van der Waals surface area contributed by atoms with Gasteiger partial charge >= 0.3 is 6.03 Å². The summed E-state index contributed by atoms with van der Waals surface area (Å²) in [6.07, 6.45) is 2.04. The van der Waals surface area contributed by atoms with Crippen LogP contribution >= 0.6 is 0 Å². The van der Waals surface area contributed by atoms with Crippen LogP contribution in [0.25, 0.3) is 0 Å². The van der Waals surface area contributed by atoms with Crippen LogP contribution in [-0.2, 0) is 16.1 Å². The molecule has 0 aromatic heterocycles. The molecule has 1 atom stereocenters. The van der Waals surface area contributed by atoms with E-state index in [0.29, 0.717) is 6.61 Å². The number of ether oxygens (including phenoxy) is 2. The average molecular weight is 361 g/mol. The molecule has 2 heterocycles. The van der Waals surface area contributed by atoms with Gasteiger partial charge in [0.05, 0.1) is 25.9 Å². The van der Waals surface area contributed by atoms with E-state index in [9.17, 15) is 4.79 Å². The molecule has 6 nitrogen and oxygen atoms in total. The third-order valence-electron chi connectivity index (χ3n) is 5.06. The molecule has 2 fully saturated rings. The minimum atomic E-state index is 0.0484. The number of carbonyl (C=O) groups is 1. The fraction of sp³-hybridized carbons (Fsp3) is 0.650. The van der Waals surface area contributed by atoms with Crippen molar-refractivity contribution in [2.75, 3.05) is 45.9 Å². The number of benzene rings is 1. The Labute approximate surface area is 156 Å². The Bertz CT molecular complexity index is 540. The van der Waals surface area contributed by atoms with Crippen LogP contribution in [0.1, 0.15) is 25.3 Å². The largest absolute Gasteiger partial charge is 0.379 e. The molecule has 1 N–H and O–H groups in total. The second kappa shape index (κ2) is 9.90. The van der Waals surface area contributed by atoms with Gasteiger partial charge in [0.2, 0.25) is 0 Å². The lowest BCUT2D eigenvalue weighted by Crippen LogP contribution is -2.51. The lowest BCUT2D eigenvalue weighted by molar-refractivity contribution is 0.00402. The minimum absolute atomic E-state index is 0.0484. The van der Waals surface area contributed by atoms with E-state index in [2.05, 4.69) is 29.3 Å². The van der Waals surface area contributed by atoms with Crippen LogP contribution in [0, 0.1) is 0 Å². The van der Waals surface area contributed by atoms with Crippen molar-refractivity contribution in [3.63, 3.8) is 0 Å². The molecule has 1 aromatic rings. The molecule has 2 amide bonds. The van der Waals surface area contributed by atoms with Gasteiger partial charge in [-0.25, -0.2) is 4.79 Å². The number of morpholine rings is 1. The standard InChI is InChI=1S/C20H31N3O3/c1-17(15-22-11-13-25-14-12-22)21-20(24)23-9-7-19(8-10-23)26-16-18-5-3-2-4-6-18/h2-6,17,19H,7-16H2,1H3,(H,21,24)/t17-/m0/s1. The summed E-state index contributed by atoms with van der Waals surface area (Å²) in [4.78, 5) is 16.7. The Balaban J connectivity index is 1.33. The highest BCUT2D eigenvalue weighted by atomic mass is 16.5. The smallest absolute Gasteiger partial charge is 0.317 e. The fourth-order valence-corrected chi connectivity index (χ4v) is 3.53.